The fourth-order valence-electron chi connectivity index (χ4n) is 2.55. The number of methoxy groups -OCH3 is 1. The van der Waals surface area contributed by atoms with Gasteiger partial charge in [-0.1, -0.05) is 37.3 Å². The number of nitrogens with zero attached hydrogens (tertiary/aromatic N) is 1. The standard InChI is InChI=1S/C15H21NO3/c1-11-8-9-16(10-13(11)17)14(15(18)19-2)12-6-4-3-5-7-12/h3-7,11,13-14,17H,8-10H2,1-2H3. The number of ether oxygens (including phenoxy) is 1. The van der Waals surface area contributed by atoms with Gasteiger partial charge < -0.3 is 9.84 Å². The van der Waals surface area contributed by atoms with Crippen molar-refractivity contribution >= 4 is 5.97 Å². The molecule has 1 aliphatic rings. The normalized spacial score (nSPS) is 25.8. The van der Waals surface area contributed by atoms with Gasteiger partial charge >= 0.3 is 5.97 Å². The summed E-state index contributed by atoms with van der Waals surface area (Å²) in [4.78, 5) is 14.1. The van der Waals surface area contributed by atoms with Crippen LogP contribution in [0, 0.1) is 5.92 Å². The number of likely N-dealkylation sites (tertiary alicyclic amines) is 1. The molecule has 1 aliphatic heterocycles. The van der Waals surface area contributed by atoms with Crippen LogP contribution in [0.4, 0.5) is 0 Å². The molecule has 0 radical (unpaired) electrons. The van der Waals surface area contributed by atoms with E-state index in [4.69, 9.17) is 4.74 Å². The van der Waals surface area contributed by atoms with Crippen LogP contribution >= 0.6 is 0 Å². The van der Waals surface area contributed by atoms with Crippen LogP contribution in [0.2, 0.25) is 0 Å². The molecule has 1 aromatic rings. The smallest absolute Gasteiger partial charge is 0.327 e. The first-order valence-corrected chi connectivity index (χ1v) is 6.68. The van der Waals surface area contributed by atoms with Crippen molar-refractivity contribution in [2.24, 2.45) is 5.92 Å². The second-order valence-electron chi connectivity index (χ2n) is 5.16. The second-order valence-corrected chi connectivity index (χ2v) is 5.16. The van der Waals surface area contributed by atoms with Crippen molar-refractivity contribution in [2.45, 2.75) is 25.5 Å². The highest BCUT2D eigenvalue weighted by atomic mass is 16.5. The van der Waals surface area contributed by atoms with Gasteiger partial charge in [-0.3, -0.25) is 4.90 Å². The summed E-state index contributed by atoms with van der Waals surface area (Å²) in [5, 5.41) is 10.0. The number of hydrogen-bond donors (Lipinski definition) is 1. The Labute approximate surface area is 114 Å². The minimum Gasteiger partial charge on any atom is -0.468 e. The number of piperidine rings is 1. The van der Waals surface area contributed by atoms with E-state index in [2.05, 4.69) is 0 Å². The van der Waals surface area contributed by atoms with Crippen molar-refractivity contribution in [3.8, 4) is 0 Å². The lowest BCUT2D eigenvalue weighted by atomic mass is 9.93. The molecule has 4 nitrogen and oxygen atoms in total. The van der Waals surface area contributed by atoms with Crippen molar-refractivity contribution in [1.82, 2.24) is 4.90 Å². The Bertz CT molecular complexity index is 421. The third-order valence-corrected chi connectivity index (χ3v) is 3.85. The van der Waals surface area contributed by atoms with Gasteiger partial charge in [0.1, 0.15) is 6.04 Å². The number of esters is 1. The molecule has 0 spiro atoms. The molecule has 3 atom stereocenters. The van der Waals surface area contributed by atoms with Gasteiger partial charge in [0.25, 0.3) is 0 Å². The summed E-state index contributed by atoms with van der Waals surface area (Å²) in [7, 11) is 1.40. The highest BCUT2D eigenvalue weighted by Crippen LogP contribution is 2.27. The Morgan fingerprint density at radius 2 is 2.11 bits per heavy atom. The first kappa shape index (κ1) is 14.0. The molecule has 4 heteroatoms. The third kappa shape index (κ3) is 3.14. The number of aliphatic hydroxyl groups is 1. The molecule has 3 unspecified atom stereocenters. The third-order valence-electron chi connectivity index (χ3n) is 3.85. The van der Waals surface area contributed by atoms with E-state index < -0.39 is 6.04 Å². The number of carbonyl (C=O) groups excluding carboxylic acids is 1. The topological polar surface area (TPSA) is 49.8 Å². The van der Waals surface area contributed by atoms with Crippen LogP contribution in [0.15, 0.2) is 30.3 Å². The summed E-state index contributed by atoms with van der Waals surface area (Å²) in [6.07, 6.45) is 0.506. The monoisotopic (exact) mass is 263 g/mol. The Morgan fingerprint density at radius 3 is 2.68 bits per heavy atom. The molecule has 1 fully saturated rings. The minimum atomic E-state index is -0.423. The lowest BCUT2D eigenvalue weighted by Gasteiger charge is -2.38. The summed E-state index contributed by atoms with van der Waals surface area (Å²) in [6, 6.07) is 9.17. The Morgan fingerprint density at radius 1 is 1.42 bits per heavy atom. The van der Waals surface area contributed by atoms with Crippen LogP contribution in [-0.2, 0) is 9.53 Å². The number of carbonyl (C=O) groups is 1. The highest BCUT2D eigenvalue weighted by Gasteiger charge is 2.34. The van der Waals surface area contributed by atoms with Crippen molar-refractivity contribution < 1.29 is 14.6 Å². The van der Waals surface area contributed by atoms with E-state index in [1.165, 1.54) is 7.11 Å². The molecule has 1 aromatic carbocycles. The van der Waals surface area contributed by atoms with Crippen LogP contribution in [0.25, 0.3) is 0 Å². The van der Waals surface area contributed by atoms with Gasteiger partial charge in [0.15, 0.2) is 0 Å². The molecule has 1 heterocycles. The number of aliphatic hydroxyl groups excluding tert-OH is 1. The average molecular weight is 263 g/mol. The van der Waals surface area contributed by atoms with E-state index in [0.717, 1.165) is 18.5 Å². The molecular formula is C15H21NO3. The molecule has 0 amide bonds. The fraction of sp³-hybridized carbons (Fsp3) is 0.533. The van der Waals surface area contributed by atoms with Crippen molar-refractivity contribution in [2.75, 3.05) is 20.2 Å². The predicted octanol–water partition coefficient (Wildman–Crippen LogP) is 1.60. The van der Waals surface area contributed by atoms with Gasteiger partial charge in [-0.2, -0.15) is 0 Å². The van der Waals surface area contributed by atoms with E-state index in [1.807, 2.05) is 42.2 Å². The highest BCUT2D eigenvalue weighted by molar-refractivity contribution is 5.77. The van der Waals surface area contributed by atoms with E-state index in [0.29, 0.717) is 6.54 Å². The second kappa shape index (κ2) is 6.17. The molecule has 0 aromatic heterocycles. The zero-order valence-electron chi connectivity index (χ0n) is 11.5. The first-order chi connectivity index (χ1) is 9.13. The van der Waals surface area contributed by atoms with Gasteiger partial charge in [-0.05, 0) is 24.4 Å². The molecular weight excluding hydrogens is 242 g/mol. The number of benzene rings is 1. The van der Waals surface area contributed by atoms with Crippen LogP contribution in [0.1, 0.15) is 24.9 Å². The zero-order chi connectivity index (χ0) is 13.8. The van der Waals surface area contributed by atoms with E-state index in [1.54, 1.807) is 0 Å². The largest absolute Gasteiger partial charge is 0.468 e. The minimum absolute atomic E-state index is 0.270. The van der Waals surface area contributed by atoms with Gasteiger partial charge in [-0.25, -0.2) is 4.79 Å². The Balaban J connectivity index is 2.22. The SMILES string of the molecule is COC(=O)C(c1ccccc1)N1CCC(C)C(O)C1. The molecule has 19 heavy (non-hydrogen) atoms. The van der Waals surface area contributed by atoms with Gasteiger partial charge in [0, 0.05) is 6.54 Å². The van der Waals surface area contributed by atoms with E-state index >= 15 is 0 Å². The maximum atomic E-state index is 12.1. The van der Waals surface area contributed by atoms with Crippen LogP contribution < -0.4 is 0 Å². The van der Waals surface area contributed by atoms with Crippen LogP contribution in [0.3, 0.4) is 0 Å². The Hall–Kier alpha value is -1.39. The van der Waals surface area contributed by atoms with Gasteiger partial charge in [-0.15, -0.1) is 0 Å². The lowest BCUT2D eigenvalue weighted by molar-refractivity contribution is -0.149. The van der Waals surface area contributed by atoms with Gasteiger partial charge in [0.05, 0.1) is 13.2 Å². The molecule has 1 N–H and O–H groups in total. The molecule has 0 bridgehead atoms. The fourth-order valence-corrected chi connectivity index (χ4v) is 2.55. The maximum Gasteiger partial charge on any atom is 0.327 e. The predicted molar refractivity (Wildman–Crippen MR) is 72.6 cm³/mol. The quantitative estimate of drug-likeness (QED) is 0.842. The van der Waals surface area contributed by atoms with Crippen molar-refractivity contribution in [1.29, 1.82) is 0 Å². The summed E-state index contributed by atoms with van der Waals surface area (Å²) in [6.45, 7) is 3.35. The molecule has 2 rings (SSSR count). The maximum absolute atomic E-state index is 12.1. The molecule has 0 aliphatic carbocycles. The van der Waals surface area contributed by atoms with Crippen LogP contribution in [0.5, 0.6) is 0 Å². The number of β-amino-alcohol motifs (C(OH)–C–C–N with tert-alkyl or cyclic N) is 1. The average Bonchev–Trinajstić information content (AvgIpc) is 2.44. The molecule has 104 valence electrons. The van der Waals surface area contributed by atoms with Crippen LogP contribution in [-0.4, -0.2) is 42.3 Å². The lowest BCUT2D eigenvalue weighted by Crippen LogP contribution is -2.46. The summed E-state index contributed by atoms with van der Waals surface area (Å²) in [5.41, 5.74) is 0.913. The molecule has 1 saturated heterocycles. The number of hydrogen-bond acceptors (Lipinski definition) is 4. The van der Waals surface area contributed by atoms with Crippen molar-refractivity contribution in [3.63, 3.8) is 0 Å². The summed E-state index contributed by atoms with van der Waals surface area (Å²) >= 11 is 0. The van der Waals surface area contributed by atoms with E-state index in [-0.39, 0.29) is 18.0 Å². The Kier molecular flexibility index (Phi) is 4.56. The zero-order valence-corrected chi connectivity index (χ0v) is 11.5. The summed E-state index contributed by atoms with van der Waals surface area (Å²) < 4.78 is 4.92. The van der Waals surface area contributed by atoms with Crippen molar-refractivity contribution in [3.05, 3.63) is 35.9 Å². The molecule has 0 saturated carbocycles. The van der Waals surface area contributed by atoms with Gasteiger partial charge in [0.2, 0.25) is 0 Å². The first-order valence-electron chi connectivity index (χ1n) is 6.68. The summed E-state index contributed by atoms with van der Waals surface area (Å²) in [5.74, 6) is 0.0123. The number of rotatable bonds is 3. The van der Waals surface area contributed by atoms with E-state index in [9.17, 15) is 9.90 Å².